The molecule has 0 amide bonds. The molecule has 0 N–H and O–H groups in total. The molecule has 0 heterocycles. The van der Waals surface area contributed by atoms with Crippen molar-refractivity contribution in [3.8, 4) is 0 Å². The lowest BCUT2D eigenvalue weighted by atomic mass is 10.2. The van der Waals surface area contributed by atoms with Crippen molar-refractivity contribution in [2.24, 2.45) is 0 Å². The fourth-order valence-corrected chi connectivity index (χ4v) is 0.904. The number of carbonyl (C=O) groups is 1. The molecule has 0 aliphatic heterocycles. The van der Waals surface area contributed by atoms with Crippen LogP contribution in [0.25, 0.3) is 0 Å². The maximum Gasteiger partial charge on any atom is 0.260 e. The second kappa shape index (κ2) is 3.93. The molecule has 0 radical (unpaired) electrons. The van der Waals surface area contributed by atoms with Gasteiger partial charge in [-0.1, -0.05) is 30.3 Å². The molecule has 0 saturated heterocycles. The van der Waals surface area contributed by atoms with E-state index in [1.165, 1.54) is 0 Å². The summed E-state index contributed by atoms with van der Waals surface area (Å²) in [6.45, 7) is 0.406. The minimum atomic E-state index is -0.103. The summed E-state index contributed by atoms with van der Waals surface area (Å²) in [6, 6.07) is 9.66. The van der Waals surface area contributed by atoms with Gasteiger partial charge >= 0.3 is 0 Å². The Hall–Kier alpha value is -1.09. The van der Waals surface area contributed by atoms with E-state index in [-0.39, 0.29) is 5.59 Å². The van der Waals surface area contributed by atoms with E-state index in [0.717, 1.165) is 5.56 Å². The quantitative estimate of drug-likeness (QED) is 0.604. The summed E-state index contributed by atoms with van der Waals surface area (Å²) in [6.07, 6.45) is 0. The van der Waals surface area contributed by atoms with Gasteiger partial charge in [-0.25, -0.2) is 0 Å². The predicted octanol–water partition coefficient (Wildman–Crippen LogP) is 0.689. The van der Waals surface area contributed by atoms with Crippen LogP contribution < -0.4 is 0 Å². The molecule has 0 saturated carbocycles. The van der Waals surface area contributed by atoms with Crippen LogP contribution in [-0.2, 0) is 11.3 Å². The summed E-state index contributed by atoms with van der Waals surface area (Å²) in [5.41, 5.74) is 0.936. The van der Waals surface area contributed by atoms with Crippen LogP contribution in [0.5, 0.6) is 0 Å². The molecule has 1 rings (SSSR count). The van der Waals surface area contributed by atoms with Crippen molar-refractivity contribution in [3.63, 3.8) is 0 Å². The number of hydrogen-bond donors (Lipinski definition) is 0. The van der Waals surface area contributed by atoms with Gasteiger partial charge in [0.25, 0.3) is 5.59 Å². The molecule has 0 aliphatic carbocycles. The maximum absolute atomic E-state index is 10.5. The highest BCUT2D eigenvalue weighted by atomic mass is 28.1. The van der Waals surface area contributed by atoms with E-state index in [1.54, 1.807) is 0 Å². The van der Waals surface area contributed by atoms with Crippen LogP contribution >= 0.6 is 0 Å². The smallest absolute Gasteiger partial charge is 0.260 e. The van der Waals surface area contributed by atoms with Crippen LogP contribution in [-0.4, -0.2) is 15.8 Å². The lowest BCUT2D eigenvalue weighted by Gasteiger charge is -2.00. The van der Waals surface area contributed by atoms with Crippen molar-refractivity contribution in [3.05, 3.63) is 35.9 Å². The standard InChI is InChI=1S/C8H10O2Si/c9-8(11)10-6-7-4-2-1-3-5-7/h1-5H,6H2,11H3. The second-order valence-electron chi connectivity index (χ2n) is 2.27. The van der Waals surface area contributed by atoms with E-state index < -0.39 is 0 Å². The highest BCUT2D eigenvalue weighted by molar-refractivity contribution is 6.55. The molecular weight excluding hydrogens is 156 g/mol. The second-order valence-corrected chi connectivity index (χ2v) is 3.08. The molecule has 0 fully saturated rings. The largest absolute Gasteiger partial charge is 0.466 e. The summed E-state index contributed by atoms with van der Waals surface area (Å²) >= 11 is 0. The molecule has 0 unspecified atom stereocenters. The van der Waals surface area contributed by atoms with Gasteiger partial charge in [-0.05, 0) is 5.56 Å². The van der Waals surface area contributed by atoms with Crippen LogP contribution in [0.15, 0.2) is 30.3 Å². The van der Waals surface area contributed by atoms with Gasteiger partial charge in [0.15, 0.2) is 0 Å². The number of carbonyl (C=O) groups excluding carboxylic acids is 1. The molecule has 0 aromatic heterocycles. The fourth-order valence-electron chi connectivity index (χ4n) is 0.759. The lowest BCUT2D eigenvalue weighted by molar-refractivity contribution is 0.167. The minimum Gasteiger partial charge on any atom is -0.466 e. The van der Waals surface area contributed by atoms with Crippen molar-refractivity contribution in [1.82, 2.24) is 0 Å². The first-order chi connectivity index (χ1) is 5.29. The molecule has 0 atom stereocenters. The third-order valence-corrected chi connectivity index (χ3v) is 1.57. The van der Waals surface area contributed by atoms with Gasteiger partial charge in [-0.3, -0.25) is 4.79 Å². The summed E-state index contributed by atoms with van der Waals surface area (Å²) in [4.78, 5) is 10.5. The van der Waals surface area contributed by atoms with Gasteiger partial charge in [0, 0.05) is 0 Å². The first kappa shape index (κ1) is 8.01. The van der Waals surface area contributed by atoms with Gasteiger partial charge in [-0.15, -0.1) is 0 Å². The number of benzene rings is 1. The zero-order chi connectivity index (χ0) is 8.10. The van der Waals surface area contributed by atoms with Gasteiger partial charge in [0.2, 0.25) is 0 Å². The zero-order valence-corrected chi connectivity index (χ0v) is 8.41. The molecular formula is C8H10O2Si. The van der Waals surface area contributed by atoms with Gasteiger partial charge in [0.05, 0.1) is 0 Å². The van der Waals surface area contributed by atoms with Gasteiger partial charge in [-0.2, -0.15) is 0 Å². The Morgan fingerprint density at radius 1 is 1.36 bits per heavy atom. The Balaban J connectivity index is 2.45. The zero-order valence-electron chi connectivity index (χ0n) is 6.41. The average molecular weight is 166 g/mol. The van der Waals surface area contributed by atoms with E-state index in [4.69, 9.17) is 4.74 Å². The first-order valence-electron chi connectivity index (χ1n) is 3.46. The summed E-state index contributed by atoms with van der Waals surface area (Å²) in [5.74, 6) is 0. The summed E-state index contributed by atoms with van der Waals surface area (Å²) < 4.78 is 4.85. The number of hydrogen-bond acceptors (Lipinski definition) is 2. The highest BCUT2D eigenvalue weighted by Gasteiger charge is 1.92. The van der Waals surface area contributed by atoms with Crippen LogP contribution in [0.2, 0.25) is 0 Å². The van der Waals surface area contributed by atoms with Crippen LogP contribution in [0, 0.1) is 0 Å². The predicted molar refractivity (Wildman–Crippen MR) is 46.6 cm³/mol. The highest BCUT2D eigenvalue weighted by Crippen LogP contribution is 1.99. The summed E-state index contributed by atoms with van der Waals surface area (Å²) in [5, 5.41) is 0. The molecule has 3 heteroatoms. The Labute approximate surface area is 68.6 Å². The van der Waals surface area contributed by atoms with Crippen molar-refractivity contribution in [2.75, 3.05) is 0 Å². The van der Waals surface area contributed by atoms with E-state index in [2.05, 4.69) is 0 Å². The number of rotatable bonds is 2. The minimum absolute atomic E-state index is 0.103. The Bertz CT molecular complexity index is 233. The lowest BCUT2D eigenvalue weighted by Crippen LogP contribution is -2.00. The molecule has 58 valence electrons. The topological polar surface area (TPSA) is 26.3 Å². The Morgan fingerprint density at radius 3 is 2.55 bits per heavy atom. The summed E-state index contributed by atoms with van der Waals surface area (Å²) in [7, 11) is 0.469. The van der Waals surface area contributed by atoms with Crippen molar-refractivity contribution >= 4 is 15.8 Å². The molecule has 0 bridgehead atoms. The first-order valence-corrected chi connectivity index (χ1v) is 4.46. The maximum atomic E-state index is 10.5. The SMILES string of the molecule is O=C([SiH3])OCc1ccccc1. The van der Waals surface area contributed by atoms with Crippen molar-refractivity contribution in [2.45, 2.75) is 6.61 Å². The average Bonchev–Trinajstić information content (AvgIpc) is 2.03. The molecule has 1 aromatic rings. The molecule has 0 aliphatic rings. The van der Waals surface area contributed by atoms with Crippen molar-refractivity contribution in [1.29, 1.82) is 0 Å². The van der Waals surface area contributed by atoms with Crippen LogP contribution in [0.1, 0.15) is 5.56 Å². The number of ether oxygens (including phenoxy) is 1. The van der Waals surface area contributed by atoms with E-state index in [9.17, 15) is 4.79 Å². The normalized spacial score (nSPS) is 9.45. The van der Waals surface area contributed by atoms with Crippen LogP contribution in [0.3, 0.4) is 0 Å². The molecule has 1 aromatic carbocycles. The van der Waals surface area contributed by atoms with E-state index in [0.29, 0.717) is 16.8 Å². The van der Waals surface area contributed by atoms with Crippen LogP contribution in [0.4, 0.5) is 4.79 Å². The van der Waals surface area contributed by atoms with Crippen molar-refractivity contribution < 1.29 is 9.53 Å². The molecule has 0 spiro atoms. The monoisotopic (exact) mass is 166 g/mol. The third-order valence-electron chi connectivity index (χ3n) is 1.28. The Morgan fingerprint density at radius 2 is 2.00 bits per heavy atom. The van der Waals surface area contributed by atoms with Gasteiger partial charge in [0.1, 0.15) is 16.8 Å². The van der Waals surface area contributed by atoms with E-state index >= 15 is 0 Å². The van der Waals surface area contributed by atoms with Gasteiger partial charge < -0.3 is 4.74 Å². The molecule has 2 nitrogen and oxygen atoms in total. The van der Waals surface area contributed by atoms with E-state index in [1.807, 2.05) is 30.3 Å². The fraction of sp³-hybridized carbons (Fsp3) is 0.125. The Kier molecular flexibility index (Phi) is 2.86. The molecule has 11 heavy (non-hydrogen) atoms. The third kappa shape index (κ3) is 3.00.